The molecule has 6 nitrogen and oxygen atoms in total. The quantitative estimate of drug-likeness (QED) is 0.634. The van der Waals surface area contributed by atoms with Gasteiger partial charge in [0, 0.05) is 38.5 Å². The molecule has 2 aliphatic heterocycles. The minimum atomic E-state index is 0.0611. The fraction of sp³-hybridized carbons (Fsp3) is 0.538. The summed E-state index contributed by atoms with van der Waals surface area (Å²) in [7, 11) is 3.92. The summed E-state index contributed by atoms with van der Waals surface area (Å²) in [6.45, 7) is 3.80. The second-order valence-electron chi connectivity index (χ2n) is 9.08. The summed E-state index contributed by atoms with van der Waals surface area (Å²) in [5.41, 5.74) is 2.36. The maximum Gasteiger partial charge on any atom is 0.228 e. The number of aromatic nitrogens is 1. The Labute approximate surface area is 191 Å². The van der Waals surface area contributed by atoms with E-state index in [1.165, 1.54) is 5.56 Å². The van der Waals surface area contributed by atoms with E-state index in [-0.39, 0.29) is 11.8 Å². The number of nitrogens with zero attached hydrogens (tertiary/aromatic N) is 3. The van der Waals surface area contributed by atoms with E-state index in [4.69, 9.17) is 9.47 Å². The predicted octanol–water partition coefficient (Wildman–Crippen LogP) is 3.41. The lowest BCUT2D eigenvalue weighted by atomic mass is 9.84. The normalized spacial score (nSPS) is 20.5. The molecule has 0 aliphatic carbocycles. The third-order valence-corrected chi connectivity index (χ3v) is 6.96. The first-order valence-corrected chi connectivity index (χ1v) is 11.7. The van der Waals surface area contributed by atoms with Crippen LogP contribution in [0.25, 0.3) is 0 Å². The Morgan fingerprint density at radius 3 is 2.75 bits per heavy atom. The third kappa shape index (κ3) is 5.67. The lowest BCUT2D eigenvalue weighted by molar-refractivity contribution is -0.137. The summed E-state index contributed by atoms with van der Waals surface area (Å²) in [5, 5.41) is 0. The molecule has 1 amide bonds. The highest BCUT2D eigenvalue weighted by Crippen LogP contribution is 2.29. The van der Waals surface area contributed by atoms with Crippen molar-refractivity contribution in [2.75, 3.05) is 40.5 Å². The number of rotatable bonds is 8. The number of benzene rings is 1. The van der Waals surface area contributed by atoms with E-state index >= 15 is 0 Å². The fourth-order valence-electron chi connectivity index (χ4n) is 5.08. The topological polar surface area (TPSA) is 54.9 Å². The van der Waals surface area contributed by atoms with Crippen molar-refractivity contribution in [3.05, 3.63) is 59.9 Å². The minimum absolute atomic E-state index is 0.0611. The SMILES string of the molecule is COc1cccc(CC(C2CCN(C(=O)C3CCOC3)CC2)N(C)Cc2ccccn2)c1. The zero-order chi connectivity index (χ0) is 22.3. The Hall–Kier alpha value is -2.44. The van der Waals surface area contributed by atoms with E-state index in [0.717, 1.165) is 56.8 Å². The number of piperidine rings is 1. The van der Waals surface area contributed by atoms with E-state index in [1.54, 1.807) is 7.11 Å². The first-order chi connectivity index (χ1) is 15.6. The van der Waals surface area contributed by atoms with Crippen LogP contribution < -0.4 is 4.74 Å². The molecule has 2 fully saturated rings. The van der Waals surface area contributed by atoms with Gasteiger partial charge in [0.2, 0.25) is 5.91 Å². The number of amides is 1. The number of likely N-dealkylation sites (tertiary alicyclic amines) is 1. The number of carbonyl (C=O) groups excluding carboxylic acids is 1. The van der Waals surface area contributed by atoms with Gasteiger partial charge in [-0.2, -0.15) is 0 Å². The van der Waals surface area contributed by atoms with E-state index in [2.05, 4.69) is 46.1 Å². The molecule has 2 saturated heterocycles. The molecule has 4 rings (SSSR count). The third-order valence-electron chi connectivity index (χ3n) is 6.96. The predicted molar refractivity (Wildman–Crippen MR) is 124 cm³/mol. The molecule has 172 valence electrons. The molecule has 1 aromatic carbocycles. The van der Waals surface area contributed by atoms with E-state index in [9.17, 15) is 4.79 Å². The summed E-state index contributed by atoms with van der Waals surface area (Å²) < 4.78 is 10.9. The van der Waals surface area contributed by atoms with Crippen molar-refractivity contribution in [2.45, 2.75) is 38.3 Å². The summed E-state index contributed by atoms with van der Waals surface area (Å²) in [6.07, 6.45) is 5.73. The Morgan fingerprint density at radius 1 is 1.22 bits per heavy atom. The van der Waals surface area contributed by atoms with Crippen LogP contribution in [-0.4, -0.2) is 67.2 Å². The van der Waals surface area contributed by atoms with E-state index in [0.29, 0.717) is 25.2 Å². The number of methoxy groups -OCH3 is 1. The molecule has 6 heteroatoms. The van der Waals surface area contributed by atoms with Crippen LogP contribution in [0.15, 0.2) is 48.7 Å². The molecule has 0 radical (unpaired) electrons. The first-order valence-electron chi connectivity index (χ1n) is 11.7. The number of likely N-dealkylation sites (N-methyl/N-ethyl adjacent to an activating group) is 1. The summed E-state index contributed by atoms with van der Waals surface area (Å²) in [5.74, 6) is 1.77. The molecular weight excluding hydrogens is 402 g/mol. The van der Waals surface area contributed by atoms with Gasteiger partial charge >= 0.3 is 0 Å². The zero-order valence-electron chi connectivity index (χ0n) is 19.3. The van der Waals surface area contributed by atoms with Gasteiger partial charge in [0.05, 0.1) is 25.3 Å². The van der Waals surface area contributed by atoms with Gasteiger partial charge in [-0.25, -0.2) is 0 Å². The van der Waals surface area contributed by atoms with Crippen LogP contribution in [0.2, 0.25) is 0 Å². The van der Waals surface area contributed by atoms with Crippen molar-refractivity contribution in [3.63, 3.8) is 0 Å². The molecule has 1 aromatic heterocycles. The Balaban J connectivity index is 1.45. The van der Waals surface area contributed by atoms with Gasteiger partial charge < -0.3 is 14.4 Å². The number of pyridine rings is 1. The van der Waals surface area contributed by atoms with E-state index in [1.807, 2.05) is 24.4 Å². The second kappa shape index (κ2) is 10.9. The minimum Gasteiger partial charge on any atom is -0.497 e. The maximum absolute atomic E-state index is 12.8. The maximum atomic E-state index is 12.8. The van der Waals surface area contributed by atoms with Crippen LogP contribution >= 0.6 is 0 Å². The highest BCUT2D eigenvalue weighted by molar-refractivity contribution is 5.79. The van der Waals surface area contributed by atoms with Gasteiger partial charge in [-0.15, -0.1) is 0 Å². The lowest BCUT2D eigenvalue weighted by Gasteiger charge is -2.40. The summed E-state index contributed by atoms with van der Waals surface area (Å²) in [4.78, 5) is 21.9. The van der Waals surface area contributed by atoms with Crippen molar-refractivity contribution in [1.82, 2.24) is 14.8 Å². The van der Waals surface area contributed by atoms with Crippen LogP contribution in [-0.2, 0) is 22.5 Å². The van der Waals surface area contributed by atoms with Crippen LogP contribution in [0.3, 0.4) is 0 Å². The largest absolute Gasteiger partial charge is 0.497 e. The van der Waals surface area contributed by atoms with Gasteiger partial charge in [0.25, 0.3) is 0 Å². The second-order valence-corrected chi connectivity index (χ2v) is 9.08. The molecule has 3 heterocycles. The molecule has 2 unspecified atom stereocenters. The molecule has 2 aliphatic rings. The number of hydrogen-bond acceptors (Lipinski definition) is 5. The highest BCUT2D eigenvalue weighted by Gasteiger charge is 2.34. The van der Waals surface area contributed by atoms with Crippen LogP contribution in [0.4, 0.5) is 0 Å². The van der Waals surface area contributed by atoms with Crippen molar-refractivity contribution in [3.8, 4) is 5.75 Å². The molecule has 0 saturated carbocycles. The van der Waals surface area contributed by atoms with E-state index < -0.39 is 0 Å². The van der Waals surface area contributed by atoms with Gasteiger partial charge in [0.1, 0.15) is 5.75 Å². The molecule has 0 bridgehead atoms. The molecular formula is C26H35N3O3. The van der Waals surface area contributed by atoms with Gasteiger partial charge in [0.15, 0.2) is 0 Å². The molecule has 2 aromatic rings. The van der Waals surface area contributed by atoms with Crippen molar-refractivity contribution in [1.29, 1.82) is 0 Å². The number of carbonyl (C=O) groups is 1. The Bertz CT molecular complexity index is 862. The molecule has 2 atom stereocenters. The average Bonchev–Trinajstić information content (AvgIpc) is 3.38. The zero-order valence-corrected chi connectivity index (χ0v) is 19.3. The summed E-state index contributed by atoms with van der Waals surface area (Å²) in [6, 6.07) is 14.8. The first kappa shape index (κ1) is 22.7. The Kier molecular flexibility index (Phi) is 7.76. The van der Waals surface area contributed by atoms with Crippen LogP contribution in [0.1, 0.15) is 30.5 Å². The van der Waals surface area contributed by atoms with Crippen molar-refractivity contribution >= 4 is 5.91 Å². The van der Waals surface area contributed by atoms with Crippen molar-refractivity contribution in [2.24, 2.45) is 11.8 Å². The smallest absolute Gasteiger partial charge is 0.228 e. The van der Waals surface area contributed by atoms with Crippen LogP contribution in [0, 0.1) is 11.8 Å². The van der Waals surface area contributed by atoms with Gasteiger partial charge in [-0.05, 0) is 68.5 Å². The lowest BCUT2D eigenvalue weighted by Crippen LogP contribution is -2.47. The van der Waals surface area contributed by atoms with Crippen molar-refractivity contribution < 1.29 is 14.3 Å². The van der Waals surface area contributed by atoms with Crippen LogP contribution in [0.5, 0.6) is 5.75 Å². The Morgan fingerprint density at radius 2 is 2.06 bits per heavy atom. The average molecular weight is 438 g/mol. The molecule has 0 N–H and O–H groups in total. The fourth-order valence-corrected chi connectivity index (χ4v) is 5.08. The number of hydrogen-bond donors (Lipinski definition) is 0. The van der Waals surface area contributed by atoms with Gasteiger partial charge in [-0.3, -0.25) is 14.7 Å². The highest BCUT2D eigenvalue weighted by atomic mass is 16.5. The number of ether oxygens (including phenoxy) is 2. The summed E-state index contributed by atoms with van der Waals surface area (Å²) >= 11 is 0. The van der Waals surface area contributed by atoms with Gasteiger partial charge in [-0.1, -0.05) is 18.2 Å². The monoisotopic (exact) mass is 437 g/mol. The standard InChI is InChI=1S/C26H35N3O3/c1-28(18-23-7-3-4-12-27-23)25(17-20-6-5-8-24(16-20)31-2)21-9-13-29(14-10-21)26(30)22-11-15-32-19-22/h3-8,12,16,21-22,25H,9-11,13-15,17-19H2,1-2H3. The molecule has 0 spiro atoms. The molecule has 32 heavy (non-hydrogen) atoms.